The zero-order valence-electron chi connectivity index (χ0n) is 9.02. The summed E-state index contributed by atoms with van der Waals surface area (Å²) in [5.41, 5.74) is 12.9. The molecular weight excluding hydrogens is 202 g/mol. The van der Waals surface area contributed by atoms with Crippen molar-refractivity contribution in [3.05, 3.63) is 36.0 Å². The number of fused-ring (bicyclic) bond motifs is 1. The van der Waals surface area contributed by atoms with Gasteiger partial charge >= 0.3 is 0 Å². The molecule has 0 spiro atoms. The SMILES string of the molecule is NCc1ccc2c(ccn2CCC(N)=O)c1. The summed E-state index contributed by atoms with van der Waals surface area (Å²) >= 11 is 0. The number of hydrogen-bond donors (Lipinski definition) is 2. The second-order valence-corrected chi connectivity index (χ2v) is 3.82. The molecule has 0 radical (unpaired) electrons. The van der Waals surface area contributed by atoms with Gasteiger partial charge in [-0.25, -0.2) is 0 Å². The Hall–Kier alpha value is -1.81. The van der Waals surface area contributed by atoms with Crippen molar-refractivity contribution in [3.63, 3.8) is 0 Å². The first kappa shape index (κ1) is 10.7. The van der Waals surface area contributed by atoms with Crippen molar-refractivity contribution in [2.75, 3.05) is 0 Å². The molecular formula is C12H15N3O. The lowest BCUT2D eigenvalue weighted by Crippen LogP contribution is -2.13. The van der Waals surface area contributed by atoms with Gasteiger partial charge in [-0.2, -0.15) is 0 Å². The van der Waals surface area contributed by atoms with E-state index in [-0.39, 0.29) is 5.91 Å². The van der Waals surface area contributed by atoms with E-state index < -0.39 is 0 Å². The summed E-state index contributed by atoms with van der Waals surface area (Å²) in [6.07, 6.45) is 2.33. The average Bonchev–Trinajstić information content (AvgIpc) is 2.68. The van der Waals surface area contributed by atoms with Crippen LogP contribution in [0.4, 0.5) is 0 Å². The lowest BCUT2D eigenvalue weighted by molar-refractivity contribution is -0.118. The quantitative estimate of drug-likeness (QED) is 0.801. The maximum absolute atomic E-state index is 10.7. The highest BCUT2D eigenvalue weighted by Gasteiger charge is 2.02. The van der Waals surface area contributed by atoms with Crippen LogP contribution in [-0.4, -0.2) is 10.5 Å². The molecule has 4 N–H and O–H groups in total. The number of amides is 1. The second-order valence-electron chi connectivity index (χ2n) is 3.82. The van der Waals surface area contributed by atoms with Crippen molar-refractivity contribution < 1.29 is 4.79 Å². The fraction of sp³-hybridized carbons (Fsp3) is 0.250. The molecule has 0 bridgehead atoms. The maximum atomic E-state index is 10.7. The summed E-state index contributed by atoms with van der Waals surface area (Å²) in [6, 6.07) is 8.12. The minimum absolute atomic E-state index is 0.277. The highest BCUT2D eigenvalue weighted by molar-refractivity contribution is 5.81. The van der Waals surface area contributed by atoms with E-state index in [0.29, 0.717) is 19.5 Å². The van der Waals surface area contributed by atoms with E-state index in [2.05, 4.69) is 6.07 Å². The minimum Gasteiger partial charge on any atom is -0.370 e. The Morgan fingerprint density at radius 1 is 1.31 bits per heavy atom. The van der Waals surface area contributed by atoms with E-state index in [4.69, 9.17) is 11.5 Å². The van der Waals surface area contributed by atoms with Crippen molar-refractivity contribution in [1.29, 1.82) is 0 Å². The zero-order valence-corrected chi connectivity index (χ0v) is 9.02. The summed E-state index contributed by atoms with van der Waals surface area (Å²) < 4.78 is 2.03. The molecule has 0 unspecified atom stereocenters. The van der Waals surface area contributed by atoms with Crippen molar-refractivity contribution >= 4 is 16.8 Å². The Balaban J connectivity index is 2.30. The highest BCUT2D eigenvalue weighted by Crippen LogP contribution is 2.17. The number of rotatable bonds is 4. The maximum Gasteiger partial charge on any atom is 0.219 e. The summed E-state index contributed by atoms with van der Waals surface area (Å²) in [7, 11) is 0. The number of aromatic nitrogens is 1. The standard InChI is InChI=1S/C12H15N3O/c13-8-9-1-2-11-10(7-9)3-5-15(11)6-4-12(14)16/h1-3,5,7H,4,6,8,13H2,(H2,14,16). The van der Waals surface area contributed by atoms with E-state index in [1.807, 2.05) is 29.0 Å². The van der Waals surface area contributed by atoms with Gasteiger partial charge in [0.25, 0.3) is 0 Å². The van der Waals surface area contributed by atoms with Gasteiger partial charge in [-0.15, -0.1) is 0 Å². The minimum atomic E-state index is -0.277. The van der Waals surface area contributed by atoms with E-state index in [9.17, 15) is 4.79 Å². The average molecular weight is 217 g/mol. The topological polar surface area (TPSA) is 74.0 Å². The van der Waals surface area contributed by atoms with E-state index >= 15 is 0 Å². The van der Waals surface area contributed by atoms with Crippen LogP contribution >= 0.6 is 0 Å². The second kappa shape index (κ2) is 4.37. The van der Waals surface area contributed by atoms with E-state index in [1.54, 1.807) is 0 Å². The molecule has 0 atom stereocenters. The molecule has 84 valence electrons. The first-order valence-corrected chi connectivity index (χ1v) is 5.27. The van der Waals surface area contributed by atoms with Crippen LogP contribution in [0.25, 0.3) is 10.9 Å². The van der Waals surface area contributed by atoms with E-state index in [0.717, 1.165) is 16.5 Å². The van der Waals surface area contributed by atoms with Gasteiger partial charge in [0.15, 0.2) is 0 Å². The molecule has 0 saturated heterocycles. The number of carbonyl (C=O) groups excluding carboxylic acids is 1. The zero-order chi connectivity index (χ0) is 11.5. The Morgan fingerprint density at radius 2 is 2.12 bits per heavy atom. The third-order valence-electron chi connectivity index (χ3n) is 2.67. The molecule has 0 aliphatic carbocycles. The molecule has 1 heterocycles. The summed E-state index contributed by atoms with van der Waals surface area (Å²) in [4.78, 5) is 10.7. The number of carbonyl (C=O) groups is 1. The monoisotopic (exact) mass is 217 g/mol. The van der Waals surface area contributed by atoms with Gasteiger partial charge in [-0.1, -0.05) is 6.07 Å². The normalized spacial score (nSPS) is 10.8. The molecule has 4 nitrogen and oxygen atoms in total. The van der Waals surface area contributed by atoms with Crippen LogP contribution in [0, 0.1) is 0 Å². The predicted molar refractivity (Wildman–Crippen MR) is 63.6 cm³/mol. The smallest absolute Gasteiger partial charge is 0.219 e. The van der Waals surface area contributed by atoms with Gasteiger partial charge < -0.3 is 16.0 Å². The van der Waals surface area contributed by atoms with Crippen molar-refractivity contribution in [2.45, 2.75) is 19.5 Å². The lowest BCUT2D eigenvalue weighted by atomic mass is 10.1. The molecule has 0 fully saturated rings. The molecule has 1 aromatic carbocycles. The van der Waals surface area contributed by atoms with Crippen LogP contribution in [0.3, 0.4) is 0 Å². The number of aryl methyl sites for hydroxylation is 1. The van der Waals surface area contributed by atoms with Crippen LogP contribution in [0.15, 0.2) is 30.5 Å². The van der Waals surface area contributed by atoms with Crippen molar-refractivity contribution in [3.8, 4) is 0 Å². The molecule has 0 aliphatic heterocycles. The number of nitrogens with zero attached hydrogens (tertiary/aromatic N) is 1. The number of benzene rings is 1. The molecule has 0 saturated carbocycles. The number of primary amides is 1. The molecule has 1 aromatic heterocycles. The molecule has 4 heteroatoms. The first-order chi connectivity index (χ1) is 7.70. The first-order valence-electron chi connectivity index (χ1n) is 5.27. The van der Waals surface area contributed by atoms with E-state index in [1.165, 1.54) is 0 Å². The summed E-state index contributed by atoms with van der Waals surface area (Å²) in [5.74, 6) is -0.277. The number of hydrogen-bond acceptors (Lipinski definition) is 2. The van der Waals surface area contributed by atoms with Crippen LogP contribution < -0.4 is 11.5 Å². The van der Waals surface area contributed by atoms with Crippen molar-refractivity contribution in [1.82, 2.24) is 4.57 Å². The highest BCUT2D eigenvalue weighted by atomic mass is 16.1. The van der Waals surface area contributed by atoms with Crippen molar-refractivity contribution in [2.24, 2.45) is 11.5 Å². The van der Waals surface area contributed by atoms with Crippen LogP contribution in [0.2, 0.25) is 0 Å². The molecule has 2 rings (SSSR count). The molecule has 16 heavy (non-hydrogen) atoms. The molecule has 0 aliphatic rings. The fourth-order valence-electron chi connectivity index (χ4n) is 1.80. The van der Waals surface area contributed by atoms with Gasteiger partial charge in [-0.3, -0.25) is 4.79 Å². The van der Waals surface area contributed by atoms with Crippen LogP contribution in [0.1, 0.15) is 12.0 Å². The lowest BCUT2D eigenvalue weighted by Gasteiger charge is -2.04. The largest absolute Gasteiger partial charge is 0.370 e. The van der Waals surface area contributed by atoms with Gasteiger partial charge in [0.1, 0.15) is 0 Å². The Morgan fingerprint density at radius 3 is 2.81 bits per heavy atom. The van der Waals surface area contributed by atoms with Gasteiger partial charge in [0, 0.05) is 31.2 Å². The Kier molecular flexibility index (Phi) is 2.92. The predicted octanol–water partition coefficient (Wildman–Crippen LogP) is 0.975. The third-order valence-corrected chi connectivity index (χ3v) is 2.67. The Labute approximate surface area is 93.8 Å². The molecule has 2 aromatic rings. The summed E-state index contributed by atoms with van der Waals surface area (Å²) in [6.45, 7) is 1.17. The van der Waals surface area contributed by atoms with Crippen LogP contribution in [-0.2, 0) is 17.9 Å². The fourth-order valence-corrected chi connectivity index (χ4v) is 1.80. The third kappa shape index (κ3) is 2.06. The van der Waals surface area contributed by atoms with Gasteiger partial charge in [0.2, 0.25) is 5.91 Å². The van der Waals surface area contributed by atoms with Gasteiger partial charge in [-0.05, 0) is 29.1 Å². The molecule has 1 amide bonds. The summed E-state index contributed by atoms with van der Waals surface area (Å²) in [5, 5.41) is 1.15. The van der Waals surface area contributed by atoms with Crippen LogP contribution in [0.5, 0.6) is 0 Å². The Bertz CT molecular complexity index is 516. The van der Waals surface area contributed by atoms with Gasteiger partial charge in [0.05, 0.1) is 0 Å². The number of nitrogens with two attached hydrogens (primary N) is 2.